The first-order chi connectivity index (χ1) is 13.4. The minimum Gasteiger partial charge on any atom is -0.298 e. The first-order valence-corrected chi connectivity index (χ1v) is 9.46. The molecule has 1 saturated heterocycles. The van der Waals surface area contributed by atoms with E-state index in [9.17, 15) is 14.4 Å². The number of imide groups is 1. The Bertz CT molecular complexity index is 908. The van der Waals surface area contributed by atoms with Gasteiger partial charge in [-0.3, -0.25) is 24.0 Å². The average Bonchev–Trinajstić information content (AvgIpc) is 3.04. The number of ketones is 1. The van der Waals surface area contributed by atoms with Gasteiger partial charge in [0.1, 0.15) is 5.78 Å². The van der Waals surface area contributed by atoms with Crippen LogP contribution in [0.5, 0.6) is 0 Å². The number of hydrogen-bond acceptors (Lipinski definition) is 5. The lowest BCUT2D eigenvalue weighted by Crippen LogP contribution is -2.65. The maximum Gasteiger partial charge on any atom is 0.392 e. The van der Waals surface area contributed by atoms with Gasteiger partial charge in [-0.2, -0.15) is 0 Å². The monoisotopic (exact) mass is 382 g/mol. The van der Waals surface area contributed by atoms with E-state index in [0.717, 1.165) is 23.0 Å². The fraction of sp³-hybridized carbons (Fsp3) is 0.450. The lowest BCUT2D eigenvalue weighted by Gasteiger charge is -2.36. The first kappa shape index (κ1) is 18.3. The molecule has 1 aromatic rings. The van der Waals surface area contributed by atoms with E-state index in [1.807, 2.05) is 23.1 Å². The maximum atomic E-state index is 13.1. The van der Waals surface area contributed by atoms with E-state index in [1.165, 1.54) is 11.8 Å². The molecule has 1 fully saturated rings. The van der Waals surface area contributed by atoms with Gasteiger partial charge < -0.3 is 0 Å². The number of rotatable bonds is 4. The minimum atomic E-state index is -0.655. The molecule has 4 rings (SSSR count). The van der Waals surface area contributed by atoms with Crippen molar-refractivity contribution in [2.24, 2.45) is 10.9 Å². The molecule has 28 heavy (non-hydrogen) atoms. The van der Waals surface area contributed by atoms with Gasteiger partial charge >= 0.3 is 12.0 Å². The number of hydrogen-bond donors (Lipinski definition) is 0. The van der Waals surface area contributed by atoms with Crippen molar-refractivity contribution in [3.63, 3.8) is 0 Å². The molecular weight excluding hydrogens is 358 g/mol. The van der Waals surface area contributed by atoms with Crippen LogP contribution in [0, 0.1) is 5.92 Å². The number of guanidine groups is 1. The standard InChI is InChI=1S/C20H24N5O3/c1-13-9-23(12-15-7-5-4-6-8-15)19-21-17-16(24(19)10-13)18(27)25(11-14(2)26)20(28)22(17)3/h4-8,13,16H,9-12H2,1-3H3/q+1. The van der Waals surface area contributed by atoms with Gasteiger partial charge in [-0.25, -0.2) is 9.69 Å². The third-order valence-electron chi connectivity index (χ3n) is 5.31. The Kier molecular flexibility index (Phi) is 4.49. The lowest BCUT2D eigenvalue weighted by molar-refractivity contribution is -0.561. The molecule has 8 heteroatoms. The smallest absolute Gasteiger partial charge is 0.298 e. The van der Waals surface area contributed by atoms with Gasteiger partial charge in [-0.1, -0.05) is 42.2 Å². The predicted octanol–water partition coefficient (Wildman–Crippen LogP) is 0.770. The molecule has 0 saturated carbocycles. The average molecular weight is 382 g/mol. The zero-order chi connectivity index (χ0) is 20.0. The summed E-state index contributed by atoms with van der Waals surface area (Å²) >= 11 is 0. The third-order valence-corrected chi connectivity index (χ3v) is 5.31. The molecular formula is C20H24N5O3+. The Labute approximate surface area is 163 Å². The van der Waals surface area contributed by atoms with Crippen molar-refractivity contribution >= 4 is 29.5 Å². The van der Waals surface area contributed by atoms with Gasteiger partial charge in [0, 0.05) is 13.0 Å². The zero-order valence-electron chi connectivity index (χ0n) is 16.3. The fourth-order valence-corrected chi connectivity index (χ4v) is 4.10. The van der Waals surface area contributed by atoms with E-state index in [1.54, 1.807) is 7.05 Å². The van der Waals surface area contributed by atoms with Crippen molar-refractivity contribution < 1.29 is 19.0 Å². The Hall–Kier alpha value is -3.03. The van der Waals surface area contributed by atoms with Gasteiger partial charge in [-0.15, -0.1) is 0 Å². The molecule has 3 aliphatic heterocycles. The normalized spacial score (nSPS) is 24.4. The van der Waals surface area contributed by atoms with Crippen LogP contribution in [0.1, 0.15) is 19.4 Å². The van der Waals surface area contributed by atoms with Crippen molar-refractivity contribution in [2.75, 3.05) is 26.7 Å². The summed E-state index contributed by atoms with van der Waals surface area (Å²) in [6.45, 7) is 5.50. The van der Waals surface area contributed by atoms with E-state index in [2.05, 4.69) is 23.6 Å². The van der Waals surface area contributed by atoms with Crippen LogP contribution < -0.4 is 0 Å². The molecule has 146 valence electrons. The molecule has 8 nitrogen and oxygen atoms in total. The number of amidine groups is 1. The number of amides is 3. The van der Waals surface area contributed by atoms with Gasteiger partial charge in [0.2, 0.25) is 11.9 Å². The van der Waals surface area contributed by atoms with Gasteiger partial charge in [0.05, 0.1) is 26.2 Å². The van der Waals surface area contributed by atoms with Crippen LogP contribution in [-0.2, 0) is 16.1 Å². The molecule has 2 unspecified atom stereocenters. The molecule has 0 radical (unpaired) electrons. The van der Waals surface area contributed by atoms with Crippen LogP contribution >= 0.6 is 0 Å². The van der Waals surface area contributed by atoms with Crippen molar-refractivity contribution in [1.82, 2.24) is 14.7 Å². The van der Waals surface area contributed by atoms with E-state index in [4.69, 9.17) is 4.99 Å². The fourth-order valence-electron chi connectivity index (χ4n) is 4.10. The van der Waals surface area contributed by atoms with Crippen LogP contribution in [0.3, 0.4) is 0 Å². The van der Waals surface area contributed by atoms with E-state index in [0.29, 0.717) is 24.8 Å². The molecule has 3 heterocycles. The van der Waals surface area contributed by atoms with E-state index < -0.39 is 12.1 Å². The van der Waals surface area contributed by atoms with Crippen LogP contribution in [-0.4, -0.2) is 81.5 Å². The number of Topliss-reactive ketones (excluding diaryl/α,β-unsaturated/α-hetero) is 1. The van der Waals surface area contributed by atoms with Crippen molar-refractivity contribution in [1.29, 1.82) is 0 Å². The van der Waals surface area contributed by atoms with Crippen LogP contribution in [0.25, 0.3) is 0 Å². The second kappa shape index (κ2) is 6.85. The van der Waals surface area contributed by atoms with Crippen molar-refractivity contribution in [2.45, 2.75) is 26.4 Å². The Morgan fingerprint density at radius 2 is 1.96 bits per heavy atom. The summed E-state index contributed by atoms with van der Waals surface area (Å²) in [7, 11) is 1.61. The predicted molar refractivity (Wildman–Crippen MR) is 103 cm³/mol. The van der Waals surface area contributed by atoms with Gasteiger partial charge in [-0.05, 0) is 12.5 Å². The van der Waals surface area contributed by atoms with E-state index >= 15 is 0 Å². The maximum absolute atomic E-state index is 13.1. The van der Waals surface area contributed by atoms with Crippen LogP contribution in [0.4, 0.5) is 4.79 Å². The van der Waals surface area contributed by atoms with Crippen LogP contribution in [0.15, 0.2) is 35.3 Å². The Morgan fingerprint density at radius 1 is 1.25 bits per heavy atom. The van der Waals surface area contributed by atoms with Gasteiger partial charge in [0.25, 0.3) is 5.91 Å². The highest BCUT2D eigenvalue weighted by Gasteiger charge is 2.57. The molecule has 0 aromatic heterocycles. The topological polar surface area (TPSA) is 76.3 Å². The third kappa shape index (κ3) is 2.98. The van der Waals surface area contributed by atoms with E-state index in [-0.39, 0.29) is 18.2 Å². The highest BCUT2D eigenvalue weighted by molar-refractivity contribution is 6.26. The van der Waals surface area contributed by atoms with Crippen molar-refractivity contribution in [3.05, 3.63) is 35.9 Å². The lowest BCUT2D eigenvalue weighted by atomic mass is 10.1. The van der Waals surface area contributed by atoms with Gasteiger partial charge in [0.15, 0.2) is 0 Å². The number of likely N-dealkylation sites (N-methyl/N-ethyl adjacent to an activating group) is 1. The summed E-state index contributed by atoms with van der Waals surface area (Å²) in [6, 6.07) is 8.96. The Balaban J connectivity index is 1.73. The number of carbonyl (C=O) groups is 3. The quantitative estimate of drug-likeness (QED) is 0.721. The molecule has 0 N–H and O–H groups in total. The van der Waals surface area contributed by atoms with Crippen LogP contribution in [0.2, 0.25) is 0 Å². The second-order valence-electron chi connectivity index (χ2n) is 7.76. The molecule has 0 aliphatic carbocycles. The minimum absolute atomic E-state index is 0.210. The largest absolute Gasteiger partial charge is 0.392 e. The molecule has 0 spiro atoms. The number of urea groups is 1. The Morgan fingerprint density at radius 3 is 2.64 bits per heavy atom. The number of benzene rings is 1. The summed E-state index contributed by atoms with van der Waals surface area (Å²) in [4.78, 5) is 46.4. The number of aliphatic imine (C=N–C) groups is 1. The second-order valence-corrected chi connectivity index (χ2v) is 7.76. The number of carbonyl (C=O) groups excluding carboxylic acids is 3. The summed E-state index contributed by atoms with van der Waals surface area (Å²) in [5.41, 5.74) is 1.16. The summed E-state index contributed by atoms with van der Waals surface area (Å²) in [5.74, 6) is 0.895. The highest BCUT2D eigenvalue weighted by atomic mass is 16.2. The molecule has 2 atom stereocenters. The number of fused-ring (bicyclic) bond motifs is 3. The summed E-state index contributed by atoms with van der Waals surface area (Å²) in [5, 5.41) is 0. The SMILES string of the molecule is CC(=O)CN1C(=O)C2C(=NC3=[N+](Cc4ccccc4)CC(C)CN32)N(C)C1=O. The number of nitrogens with zero attached hydrogens (tertiary/aromatic N) is 5. The first-order valence-electron chi connectivity index (χ1n) is 9.46. The zero-order valence-corrected chi connectivity index (χ0v) is 16.3. The molecule has 0 bridgehead atoms. The summed E-state index contributed by atoms with van der Waals surface area (Å²) in [6.07, 6.45) is 0. The molecule has 3 amide bonds. The van der Waals surface area contributed by atoms with Crippen molar-refractivity contribution in [3.8, 4) is 0 Å². The molecule has 1 aromatic carbocycles. The molecule has 3 aliphatic rings. The highest BCUT2D eigenvalue weighted by Crippen LogP contribution is 2.27. The summed E-state index contributed by atoms with van der Waals surface area (Å²) < 4.78 is 2.16.